The van der Waals surface area contributed by atoms with Gasteiger partial charge in [-0.25, -0.2) is 0 Å². The fourth-order valence-corrected chi connectivity index (χ4v) is 5.33. The molecular weight excluding hydrogens is 504 g/mol. The quantitative estimate of drug-likeness (QED) is 0.426. The molecule has 2 unspecified atom stereocenters. The lowest BCUT2D eigenvalue weighted by Crippen LogP contribution is -2.36. The van der Waals surface area contributed by atoms with E-state index in [0.29, 0.717) is 5.78 Å². The molecule has 3 nitrogen and oxygen atoms in total. The van der Waals surface area contributed by atoms with Gasteiger partial charge in [-0.15, -0.1) is 0 Å². The van der Waals surface area contributed by atoms with Gasteiger partial charge in [-0.2, -0.15) is 0 Å². The number of halogens is 2. The number of nitrogens with zero attached hydrogens (tertiary/aromatic N) is 2. The maximum absolute atomic E-state index is 14.1. The van der Waals surface area contributed by atoms with E-state index in [0.717, 1.165) is 59.3 Å². The third-order valence-corrected chi connectivity index (χ3v) is 7.57. The SMILES string of the molecule is O=C(C(CN1CCCC1)c1ccc(Br)cc1)C(CN1CCCC1)c1ccc(Br)cc1. The molecule has 0 spiro atoms. The van der Waals surface area contributed by atoms with Crippen LogP contribution >= 0.6 is 31.9 Å². The minimum atomic E-state index is -0.0903. The lowest BCUT2D eigenvalue weighted by Gasteiger charge is -2.29. The summed E-state index contributed by atoms with van der Waals surface area (Å²) in [7, 11) is 0. The van der Waals surface area contributed by atoms with E-state index in [1.54, 1.807) is 0 Å². The fourth-order valence-electron chi connectivity index (χ4n) is 4.80. The van der Waals surface area contributed by atoms with Gasteiger partial charge in [-0.05, 0) is 87.3 Å². The molecule has 0 N–H and O–H groups in total. The zero-order valence-corrected chi connectivity index (χ0v) is 20.6. The molecule has 2 atom stereocenters. The van der Waals surface area contributed by atoms with Crippen molar-refractivity contribution in [1.29, 1.82) is 0 Å². The zero-order chi connectivity index (χ0) is 20.9. The van der Waals surface area contributed by atoms with Gasteiger partial charge in [0.1, 0.15) is 5.78 Å². The van der Waals surface area contributed by atoms with Crippen LogP contribution < -0.4 is 0 Å². The van der Waals surface area contributed by atoms with Crippen molar-refractivity contribution < 1.29 is 4.79 Å². The molecule has 30 heavy (non-hydrogen) atoms. The molecule has 2 aromatic carbocycles. The topological polar surface area (TPSA) is 23.6 Å². The molecular formula is C25H30Br2N2O. The summed E-state index contributed by atoms with van der Waals surface area (Å²) in [6.07, 6.45) is 4.96. The van der Waals surface area contributed by atoms with Gasteiger partial charge in [0.15, 0.2) is 0 Å². The van der Waals surface area contributed by atoms with Crippen molar-refractivity contribution in [1.82, 2.24) is 9.80 Å². The van der Waals surface area contributed by atoms with Crippen molar-refractivity contribution in [2.75, 3.05) is 39.3 Å². The number of ketones is 1. The van der Waals surface area contributed by atoms with Crippen molar-refractivity contribution in [3.05, 3.63) is 68.6 Å². The molecule has 0 aromatic heterocycles. The average Bonchev–Trinajstić information content (AvgIpc) is 3.46. The Morgan fingerprint density at radius 3 is 1.33 bits per heavy atom. The van der Waals surface area contributed by atoms with Crippen LogP contribution in [0.2, 0.25) is 0 Å². The minimum Gasteiger partial charge on any atom is -0.302 e. The number of hydrogen-bond acceptors (Lipinski definition) is 3. The van der Waals surface area contributed by atoms with Crippen molar-refractivity contribution in [3.63, 3.8) is 0 Å². The van der Waals surface area contributed by atoms with E-state index < -0.39 is 0 Å². The summed E-state index contributed by atoms with van der Waals surface area (Å²) in [5.41, 5.74) is 2.28. The first kappa shape index (κ1) is 22.2. The van der Waals surface area contributed by atoms with E-state index in [-0.39, 0.29) is 11.8 Å². The Morgan fingerprint density at radius 2 is 1.00 bits per heavy atom. The number of likely N-dealkylation sites (tertiary alicyclic amines) is 2. The smallest absolute Gasteiger partial charge is 0.150 e. The predicted octanol–water partition coefficient (Wildman–Crippen LogP) is 5.84. The van der Waals surface area contributed by atoms with Gasteiger partial charge in [0.05, 0.1) is 11.8 Å². The summed E-state index contributed by atoms with van der Waals surface area (Å²) < 4.78 is 2.11. The number of carbonyl (C=O) groups is 1. The van der Waals surface area contributed by atoms with E-state index in [1.807, 2.05) is 0 Å². The normalized spacial score (nSPS) is 19.8. The first-order valence-corrected chi connectivity index (χ1v) is 12.7. The fraction of sp³-hybridized carbons (Fsp3) is 0.480. The largest absolute Gasteiger partial charge is 0.302 e. The number of benzene rings is 2. The lowest BCUT2D eigenvalue weighted by molar-refractivity contribution is -0.122. The molecule has 5 heteroatoms. The molecule has 4 rings (SSSR count). The minimum absolute atomic E-state index is 0.0903. The molecule has 2 aliphatic heterocycles. The first-order chi connectivity index (χ1) is 14.6. The van der Waals surface area contributed by atoms with Crippen LogP contribution in [0.1, 0.15) is 48.6 Å². The highest BCUT2D eigenvalue weighted by Crippen LogP contribution is 2.31. The highest BCUT2D eigenvalue weighted by molar-refractivity contribution is 9.10. The molecule has 2 heterocycles. The molecule has 2 fully saturated rings. The van der Waals surface area contributed by atoms with Gasteiger partial charge in [0.2, 0.25) is 0 Å². The van der Waals surface area contributed by atoms with Gasteiger partial charge in [0.25, 0.3) is 0 Å². The van der Waals surface area contributed by atoms with Crippen LogP contribution in [0.5, 0.6) is 0 Å². The average molecular weight is 534 g/mol. The molecule has 0 bridgehead atoms. The summed E-state index contributed by atoms with van der Waals surface area (Å²) >= 11 is 7.09. The Balaban J connectivity index is 1.64. The van der Waals surface area contributed by atoms with E-state index in [9.17, 15) is 4.79 Å². The van der Waals surface area contributed by atoms with Gasteiger partial charge in [0, 0.05) is 22.0 Å². The van der Waals surface area contributed by atoms with Gasteiger partial charge in [-0.3, -0.25) is 4.79 Å². The molecule has 0 aliphatic carbocycles. The summed E-state index contributed by atoms with van der Waals surface area (Å²) in [4.78, 5) is 19.1. The molecule has 2 aromatic rings. The standard InChI is InChI=1S/C25H30Br2N2O/c26-21-9-5-19(6-10-21)23(17-28-13-1-2-14-28)25(30)24(18-29-15-3-4-16-29)20-7-11-22(27)12-8-20/h5-12,23-24H,1-4,13-18H2. The van der Waals surface area contributed by atoms with E-state index in [1.165, 1.54) is 25.7 Å². The van der Waals surface area contributed by atoms with Crippen molar-refractivity contribution in [3.8, 4) is 0 Å². The van der Waals surface area contributed by atoms with E-state index >= 15 is 0 Å². The summed E-state index contributed by atoms with van der Waals surface area (Å²) in [5, 5.41) is 0. The Kier molecular flexibility index (Phi) is 7.79. The molecule has 0 saturated carbocycles. The van der Waals surface area contributed by atoms with Gasteiger partial charge in [-0.1, -0.05) is 56.1 Å². The number of Topliss-reactive ketones (excluding diaryl/α,β-unsaturated/α-hetero) is 1. The van der Waals surface area contributed by atoms with Crippen molar-refractivity contribution >= 4 is 37.6 Å². The Hall–Kier alpha value is -1.01. The third-order valence-electron chi connectivity index (χ3n) is 6.51. The Morgan fingerprint density at radius 1 is 0.667 bits per heavy atom. The lowest BCUT2D eigenvalue weighted by atomic mass is 9.83. The molecule has 2 saturated heterocycles. The number of carbonyl (C=O) groups excluding carboxylic acids is 1. The van der Waals surface area contributed by atoms with Gasteiger partial charge >= 0.3 is 0 Å². The van der Waals surface area contributed by atoms with Crippen LogP contribution in [0.4, 0.5) is 0 Å². The van der Waals surface area contributed by atoms with E-state index in [4.69, 9.17) is 0 Å². The number of rotatable bonds is 8. The summed E-state index contributed by atoms with van der Waals surface area (Å²) in [6.45, 7) is 6.08. The second kappa shape index (κ2) is 10.5. The Labute approximate surface area is 197 Å². The predicted molar refractivity (Wildman–Crippen MR) is 130 cm³/mol. The maximum atomic E-state index is 14.1. The molecule has 2 aliphatic rings. The van der Waals surface area contributed by atoms with Crippen LogP contribution in [0.3, 0.4) is 0 Å². The van der Waals surface area contributed by atoms with Crippen LogP contribution in [0.25, 0.3) is 0 Å². The maximum Gasteiger partial charge on any atom is 0.150 e. The van der Waals surface area contributed by atoms with Crippen LogP contribution in [0, 0.1) is 0 Å². The number of hydrogen-bond donors (Lipinski definition) is 0. The highest BCUT2D eigenvalue weighted by Gasteiger charge is 2.33. The highest BCUT2D eigenvalue weighted by atomic mass is 79.9. The zero-order valence-electron chi connectivity index (χ0n) is 17.4. The van der Waals surface area contributed by atoms with Crippen LogP contribution in [-0.2, 0) is 4.79 Å². The summed E-state index contributed by atoms with van der Waals surface area (Å²) in [5.74, 6) is 0.179. The third kappa shape index (κ3) is 5.61. The second-order valence-electron chi connectivity index (χ2n) is 8.63. The van der Waals surface area contributed by atoms with E-state index in [2.05, 4.69) is 90.2 Å². The molecule has 0 radical (unpaired) electrons. The van der Waals surface area contributed by atoms with Crippen molar-refractivity contribution in [2.45, 2.75) is 37.5 Å². The van der Waals surface area contributed by atoms with Gasteiger partial charge < -0.3 is 9.80 Å². The molecule has 160 valence electrons. The van der Waals surface area contributed by atoms with Crippen molar-refractivity contribution in [2.24, 2.45) is 0 Å². The first-order valence-electron chi connectivity index (χ1n) is 11.1. The van der Waals surface area contributed by atoms with Crippen LogP contribution in [0.15, 0.2) is 57.5 Å². The Bertz CT molecular complexity index is 756. The monoisotopic (exact) mass is 532 g/mol. The van der Waals surface area contributed by atoms with Crippen LogP contribution in [-0.4, -0.2) is 54.9 Å². The second-order valence-corrected chi connectivity index (χ2v) is 10.5. The summed E-state index contributed by atoms with van der Waals surface area (Å²) in [6, 6.07) is 16.7. The molecule has 0 amide bonds.